The van der Waals surface area contributed by atoms with Gasteiger partial charge < -0.3 is 10.1 Å². The van der Waals surface area contributed by atoms with E-state index in [0.717, 1.165) is 23.2 Å². The van der Waals surface area contributed by atoms with Crippen molar-refractivity contribution >= 4 is 28.8 Å². The SMILES string of the molecule is CCCOc1cccc(N2C(=O)C(Nc3cccc(C)c3)=C(c3ccc(C)cc3)C2=O)c1. The molecule has 3 aromatic carbocycles. The normalized spacial score (nSPS) is 13.7. The number of aryl methyl sites for hydroxylation is 2. The first-order chi connectivity index (χ1) is 15.5. The third-order valence-electron chi connectivity index (χ3n) is 5.26. The number of carbonyl (C=O) groups is 2. The van der Waals surface area contributed by atoms with Crippen molar-refractivity contribution in [3.63, 3.8) is 0 Å². The van der Waals surface area contributed by atoms with Crippen molar-refractivity contribution in [2.24, 2.45) is 0 Å². The Bertz CT molecular complexity index is 1200. The number of nitrogens with one attached hydrogen (secondary N) is 1. The van der Waals surface area contributed by atoms with Crippen molar-refractivity contribution in [2.75, 3.05) is 16.8 Å². The Morgan fingerprint density at radius 2 is 1.59 bits per heavy atom. The average molecular weight is 427 g/mol. The monoisotopic (exact) mass is 426 g/mol. The lowest BCUT2D eigenvalue weighted by molar-refractivity contribution is -0.120. The van der Waals surface area contributed by atoms with Gasteiger partial charge in [-0.25, -0.2) is 4.90 Å². The highest BCUT2D eigenvalue weighted by Gasteiger charge is 2.40. The summed E-state index contributed by atoms with van der Waals surface area (Å²) in [6.07, 6.45) is 0.871. The molecule has 0 spiro atoms. The van der Waals surface area contributed by atoms with E-state index in [2.05, 4.69) is 5.32 Å². The van der Waals surface area contributed by atoms with Crippen LogP contribution in [0.15, 0.2) is 78.5 Å². The van der Waals surface area contributed by atoms with Crippen molar-refractivity contribution in [1.29, 1.82) is 0 Å². The van der Waals surface area contributed by atoms with Crippen molar-refractivity contribution in [1.82, 2.24) is 0 Å². The zero-order chi connectivity index (χ0) is 22.7. The summed E-state index contributed by atoms with van der Waals surface area (Å²) in [6, 6.07) is 22.4. The van der Waals surface area contributed by atoms with E-state index >= 15 is 0 Å². The van der Waals surface area contributed by atoms with Crippen LogP contribution >= 0.6 is 0 Å². The van der Waals surface area contributed by atoms with Gasteiger partial charge in [-0.1, -0.05) is 55.0 Å². The average Bonchev–Trinajstić information content (AvgIpc) is 3.02. The summed E-state index contributed by atoms with van der Waals surface area (Å²) in [5, 5.41) is 3.21. The Labute approximate surface area is 188 Å². The molecular weight excluding hydrogens is 400 g/mol. The Kier molecular flexibility index (Phi) is 6.08. The lowest BCUT2D eigenvalue weighted by atomic mass is 10.0. The van der Waals surface area contributed by atoms with Crippen molar-refractivity contribution in [2.45, 2.75) is 27.2 Å². The summed E-state index contributed by atoms with van der Waals surface area (Å²) < 4.78 is 5.71. The fraction of sp³-hybridized carbons (Fsp3) is 0.185. The van der Waals surface area contributed by atoms with Gasteiger partial charge in [0.05, 0.1) is 17.9 Å². The quantitative estimate of drug-likeness (QED) is 0.508. The molecule has 0 bridgehead atoms. The molecule has 5 heteroatoms. The number of anilines is 2. The van der Waals surface area contributed by atoms with Gasteiger partial charge in [0.25, 0.3) is 11.8 Å². The lowest BCUT2D eigenvalue weighted by Gasteiger charge is -2.16. The number of ether oxygens (including phenoxy) is 1. The van der Waals surface area contributed by atoms with Crippen LogP contribution in [0.2, 0.25) is 0 Å². The van der Waals surface area contributed by atoms with E-state index in [1.165, 1.54) is 4.90 Å². The fourth-order valence-electron chi connectivity index (χ4n) is 3.67. The molecule has 0 aromatic heterocycles. The zero-order valence-electron chi connectivity index (χ0n) is 18.5. The molecule has 5 nitrogen and oxygen atoms in total. The molecule has 0 unspecified atom stereocenters. The maximum absolute atomic E-state index is 13.6. The zero-order valence-corrected chi connectivity index (χ0v) is 18.5. The van der Waals surface area contributed by atoms with Crippen LogP contribution in [0.25, 0.3) is 5.57 Å². The van der Waals surface area contributed by atoms with Gasteiger partial charge in [-0.05, 0) is 55.7 Å². The van der Waals surface area contributed by atoms with Gasteiger partial charge >= 0.3 is 0 Å². The minimum atomic E-state index is -0.389. The van der Waals surface area contributed by atoms with Gasteiger partial charge in [-0.15, -0.1) is 0 Å². The third kappa shape index (κ3) is 4.28. The smallest absolute Gasteiger partial charge is 0.282 e. The van der Waals surface area contributed by atoms with Gasteiger partial charge in [-0.2, -0.15) is 0 Å². The number of hydrogen-bond acceptors (Lipinski definition) is 4. The Balaban J connectivity index is 1.77. The number of amides is 2. The number of hydrogen-bond donors (Lipinski definition) is 1. The predicted molar refractivity (Wildman–Crippen MR) is 128 cm³/mol. The molecule has 1 aliphatic heterocycles. The number of benzene rings is 3. The van der Waals surface area contributed by atoms with E-state index in [1.54, 1.807) is 18.2 Å². The van der Waals surface area contributed by atoms with Crippen LogP contribution in [0.5, 0.6) is 5.75 Å². The molecule has 3 aromatic rings. The molecular formula is C27H26N2O3. The molecule has 0 saturated carbocycles. The topological polar surface area (TPSA) is 58.6 Å². The molecule has 0 fully saturated rings. The maximum Gasteiger partial charge on any atom is 0.282 e. The highest BCUT2D eigenvalue weighted by molar-refractivity contribution is 6.46. The van der Waals surface area contributed by atoms with Crippen LogP contribution in [0.1, 0.15) is 30.0 Å². The second-order valence-corrected chi connectivity index (χ2v) is 7.90. The minimum Gasteiger partial charge on any atom is -0.494 e. The summed E-state index contributed by atoms with van der Waals surface area (Å²) in [4.78, 5) is 28.3. The largest absolute Gasteiger partial charge is 0.494 e. The number of nitrogens with zero attached hydrogens (tertiary/aromatic N) is 1. The molecule has 0 radical (unpaired) electrons. The first-order valence-electron chi connectivity index (χ1n) is 10.7. The summed E-state index contributed by atoms with van der Waals surface area (Å²) in [5.41, 5.74) is 4.71. The molecule has 0 aliphatic carbocycles. The molecule has 32 heavy (non-hydrogen) atoms. The second-order valence-electron chi connectivity index (χ2n) is 7.90. The molecule has 1 heterocycles. The second kappa shape index (κ2) is 9.10. The minimum absolute atomic E-state index is 0.268. The molecule has 1 aliphatic rings. The van der Waals surface area contributed by atoms with Crippen LogP contribution in [-0.2, 0) is 9.59 Å². The third-order valence-corrected chi connectivity index (χ3v) is 5.26. The lowest BCUT2D eigenvalue weighted by Crippen LogP contribution is -2.32. The van der Waals surface area contributed by atoms with Crippen LogP contribution in [0, 0.1) is 13.8 Å². The van der Waals surface area contributed by atoms with Gasteiger partial charge in [0.1, 0.15) is 11.4 Å². The molecule has 4 rings (SSSR count). The van der Waals surface area contributed by atoms with Gasteiger partial charge in [0, 0.05) is 11.8 Å². The van der Waals surface area contributed by atoms with Crippen LogP contribution < -0.4 is 15.0 Å². The van der Waals surface area contributed by atoms with E-state index in [-0.39, 0.29) is 17.5 Å². The summed E-state index contributed by atoms with van der Waals surface area (Å²) in [5.74, 6) is -0.122. The molecule has 162 valence electrons. The fourth-order valence-corrected chi connectivity index (χ4v) is 3.67. The van der Waals surface area contributed by atoms with Crippen LogP contribution in [-0.4, -0.2) is 18.4 Å². The van der Waals surface area contributed by atoms with E-state index in [9.17, 15) is 9.59 Å². The Morgan fingerprint density at radius 3 is 2.31 bits per heavy atom. The van der Waals surface area contributed by atoms with E-state index in [1.807, 2.05) is 75.4 Å². The first kappa shape index (κ1) is 21.4. The Morgan fingerprint density at radius 1 is 0.844 bits per heavy atom. The summed E-state index contributed by atoms with van der Waals surface area (Å²) in [6.45, 7) is 6.56. The highest BCUT2D eigenvalue weighted by Crippen LogP contribution is 2.35. The maximum atomic E-state index is 13.6. The van der Waals surface area contributed by atoms with E-state index < -0.39 is 0 Å². The van der Waals surface area contributed by atoms with Crippen LogP contribution in [0.3, 0.4) is 0 Å². The summed E-state index contributed by atoms with van der Waals surface area (Å²) in [7, 11) is 0. The van der Waals surface area contributed by atoms with Gasteiger partial charge in [-0.3, -0.25) is 9.59 Å². The van der Waals surface area contributed by atoms with Crippen molar-refractivity contribution < 1.29 is 14.3 Å². The summed E-state index contributed by atoms with van der Waals surface area (Å²) >= 11 is 0. The molecule has 0 atom stereocenters. The molecule has 2 amide bonds. The van der Waals surface area contributed by atoms with Crippen molar-refractivity contribution in [3.8, 4) is 5.75 Å². The molecule has 0 saturated heterocycles. The van der Waals surface area contributed by atoms with E-state index in [0.29, 0.717) is 29.2 Å². The number of carbonyl (C=O) groups excluding carboxylic acids is 2. The standard InChI is InChI=1S/C27H26N2O3/c1-4-15-32-23-10-6-9-22(17-23)29-26(30)24(20-13-11-18(2)12-14-20)25(27(29)31)28-21-8-5-7-19(3)16-21/h5-14,16-17,28H,4,15H2,1-3H3. The highest BCUT2D eigenvalue weighted by atomic mass is 16.5. The van der Waals surface area contributed by atoms with Crippen molar-refractivity contribution in [3.05, 3.63) is 95.2 Å². The number of rotatable bonds is 7. The number of imide groups is 1. The van der Waals surface area contributed by atoms with Gasteiger partial charge in [0.15, 0.2) is 0 Å². The first-order valence-corrected chi connectivity index (χ1v) is 10.7. The van der Waals surface area contributed by atoms with Crippen LogP contribution in [0.4, 0.5) is 11.4 Å². The molecule has 1 N–H and O–H groups in total. The predicted octanol–water partition coefficient (Wildman–Crippen LogP) is 5.49. The van der Waals surface area contributed by atoms with Gasteiger partial charge in [0.2, 0.25) is 0 Å². The Hall–Kier alpha value is -3.86. The van der Waals surface area contributed by atoms with E-state index in [4.69, 9.17) is 4.74 Å².